The molecule has 0 heterocycles. The largest absolute Gasteiger partial charge is 0.472 e. The van der Waals surface area contributed by atoms with Gasteiger partial charge in [0, 0.05) is 0 Å². The molecule has 1 rings (SSSR count). The molecule has 1 unspecified atom stereocenters. The summed E-state index contributed by atoms with van der Waals surface area (Å²) < 4.78 is 23.3. The van der Waals surface area contributed by atoms with Gasteiger partial charge in [0.25, 0.3) is 0 Å². The van der Waals surface area contributed by atoms with Crippen LogP contribution >= 0.6 is 7.82 Å². The van der Waals surface area contributed by atoms with Crippen molar-refractivity contribution in [3.63, 3.8) is 0 Å². The molecule has 5 heteroatoms. The first-order valence-corrected chi connectivity index (χ1v) is 14.2. The van der Waals surface area contributed by atoms with Crippen LogP contribution in [0, 0.1) is 5.92 Å². The van der Waals surface area contributed by atoms with Gasteiger partial charge in [0.2, 0.25) is 0 Å². The van der Waals surface area contributed by atoms with Gasteiger partial charge < -0.3 is 4.89 Å². The van der Waals surface area contributed by atoms with Crippen LogP contribution in [0.25, 0.3) is 0 Å². The van der Waals surface area contributed by atoms with E-state index >= 15 is 0 Å². The molecule has 1 N–H and O–H groups in total. The van der Waals surface area contributed by atoms with E-state index in [1.54, 1.807) is 0 Å². The van der Waals surface area contributed by atoms with Gasteiger partial charge in [-0.3, -0.25) is 9.05 Å². The molecule has 0 radical (unpaired) electrons. The van der Waals surface area contributed by atoms with Crippen molar-refractivity contribution in [3.05, 3.63) is 0 Å². The maximum absolute atomic E-state index is 12.4. The Morgan fingerprint density at radius 3 is 1.79 bits per heavy atom. The van der Waals surface area contributed by atoms with E-state index in [2.05, 4.69) is 13.8 Å². The normalized spacial score (nSPS) is 17.7. The highest BCUT2D eigenvalue weighted by molar-refractivity contribution is 7.47. The van der Waals surface area contributed by atoms with Crippen LogP contribution in [-0.2, 0) is 13.6 Å². The zero-order valence-corrected chi connectivity index (χ0v) is 20.3. The minimum Gasteiger partial charge on any atom is -0.302 e. The zero-order chi connectivity index (χ0) is 21.2. The van der Waals surface area contributed by atoms with Crippen LogP contribution in [0.4, 0.5) is 0 Å². The Morgan fingerprint density at radius 2 is 1.28 bits per heavy atom. The first-order valence-electron chi connectivity index (χ1n) is 12.7. The van der Waals surface area contributed by atoms with Crippen molar-refractivity contribution in [3.8, 4) is 0 Å². The molecular formula is C24H49O4P. The Kier molecular flexibility index (Phi) is 16.6. The monoisotopic (exact) mass is 432 g/mol. The Labute approximate surface area is 181 Å². The van der Waals surface area contributed by atoms with Gasteiger partial charge >= 0.3 is 7.82 Å². The molecule has 0 aromatic rings. The standard InChI is InChI=1S/C24H49O4P/c1-3-5-7-9-11-14-18-23(19-15-12-10-8-6-4-2)22-27-29(25,26)28-24-20-16-13-17-21-24/h23-24H,3-22H2,1-2H3,(H,25,26). The van der Waals surface area contributed by atoms with Crippen LogP contribution in [0.3, 0.4) is 0 Å². The quantitative estimate of drug-likeness (QED) is 0.164. The van der Waals surface area contributed by atoms with Crippen molar-refractivity contribution in [2.45, 2.75) is 142 Å². The van der Waals surface area contributed by atoms with Crippen molar-refractivity contribution in [2.75, 3.05) is 6.61 Å². The van der Waals surface area contributed by atoms with Crippen molar-refractivity contribution in [2.24, 2.45) is 5.92 Å². The van der Waals surface area contributed by atoms with Crippen molar-refractivity contribution >= 4 is 7.82 Å². The van der Waals surface area contributed by atoms with Gasteiger partial charge in [-0.15, -0.1) is 0 Å². The van der Waals surface area contributed by atoms with E-state index in [9.17, 15) is 9.46 Å². The molecule has 0 saturated heterocycles. The third-order valence-electron chi connectivity index (χ3n) is 6.24. The van der Waals surface area contributed by atoms with Gasteiger partial charge in [-0.1, -0.05) is 110 Å². The molecule has 1 saturated carbocycles. The fourth-order valence-corrected chi connectivity index (χ4v) is 5.37. The van der Waals surface area contributed by atoms with Crippen LogP contribution in [0.15, 0.2) is 0 Å². The Bertz CT molecular complexity index is 394. The van der Waals surface area contributed by atoms with Gasteiger partial charge in [-0.2, -0.15) is 0 Å². The van der Waals surface area contributed by atoms with Crippen LogP contribution in [0.2, 0.25) is 0 Å². The molecule has 1 fully saturated rings. The number of hydrogen-bond donors (Lipinski definition) is 1. The van der Waals surface area contributed by atoms with E-state index in [0.717, 1.165) is 38.5 Å². The highest BCUT2D eigenvalue weighted by Crippen LogP contribution is 2.47. The Hall–Kier alpha value is 0.110. The molecule has 29 heavy (non-hydrogen) atoms. The summed E-state index contributed by atoms with van der Waals surface area (Å²) >= 11 is 0. The first-order chi connectivity index (χ1) is 14.1. The molecule has 1 aliphatic carbocycles. The number of phosphoric acid groups is 1. The summed E-state index contributed by atoms with van der Waals surface area (Å²) in [5.74, 6) is 0.378. The molecule has 0 bridgehead atoms. The van der Waals surface area contributed by atoms with Crippen molar-refractivity contribution in [1.29, 1.82) is 0 Å². The van der Waals surface area contributed by atoms with E-state index in [0.29, 0.717) is 12.5 Å². The molecule has 4 nitrogen and oxygen atoms in total. The van der Waals surface area contributed by atoms with E-state index in [4.69, 9.17) is 9.05 Å². The lowest BCUT2D eigenvalue weighted by Gasteiger charge is -2.25. The van der Waals surface area contributed by atoms with Crippen LogP contribution in [0.5, 0.6) is 0 Å². The van der Waals surface area contributed by atoms with E-state index in [-0.39, 0.29) is 6.10 Å². The molecule has 1 atom stereocenters. The average Bonchev–Trinajstić information content (AvgIpc) is 2.71. The highest BCUT2D eigenvalue weighted by Gasteiger charge is 2.28. The Balaban J connectivity index is 2.32. The molecule has 1 aliphatic rings. The fourth-order valence-electron chi connectivity index (χ4n) is 4.33. The van der Waals surface area contributed by atoms with Gasteiger partial charge in [-0.25, -0.2) is 4.57 Å². The van der Waals surface area contributed by atoms with Crippen LogP contribution < -0.4 is 0 Å². The smallest absolute Gasteiger partial charge is 0.302 e. The molecule has 0 spiro atoms. The van der Waals surface area contributed by atoms with E-state index < -0.39 is 7.82 Å². The minimum absolute atomic E-state index is 0.102. The summed E-state index contributed by atoms with van der Waals surface area (Å²) in [6.07, 6.45) is 22.7. The predicted octanol–water partition coefficient (Wildman–Crippen LogP) is 8.57. The van der Waals surface area contributed by atoms with Crippen molar-refractivity contribution < 1.29 is 18.5 Å². The minimum atomic E-state index is -3.92. The van der Waals surface area contributed by atoms with Crippen molar-refractivity contribution in [1.82, 2.24) is 0 Å². The fraction of sp³-hybridized carbons (Fsp3) is 1.00. The third-order valence-corrected chi connectivity index (χ3v) is 7.28. The number of rotatable bonds is 19. The second-order valence-electron chi connectivity index (χ2n) is 9.11. The molecule has 0 aromatic heterocycles. The van der Waals surface area contributed by atoms with Crippen LogP contribution in [0.1, 0.15) is 136 Å². The molecule has 0 aromatic carbocycles. The molecule has 0 aliphatic heterocycles. The maximum Gasteiger partial charge on any atom is 0.472 e. The summed E-state index contributed by atoms with van der Waals surface area (Å²) in [6.45, 7) is 4.86. The topological polar surface area (TPSA) is 55.8 Å². The summed E-state index contributed by atoms with van der Waals surface area (Å²) in [5.41, 5.74) is 0. The molecular weight excluding hydrogens is 383 g/mol. The molecule has 174 valence electrons. The third kappa shape index (κ3) is 15.5. The summed E-state index contributed by atoms with van der Waals surface area (Å²) in [5, 5.41) is 0. The first kappa shape index (κ1) is 27.1. The summed E-state index contributed by atoms with van der Waals surface area (Å²) in [4.78, 5) is 10.2. The maximum atomic E-state index is 12.4. The zero-order valence-electron chi connectivity index (χ0n) is 19.4. The van der Waals surface area contributed by atoms with Gasteiger partial charge in [0.05, 0.1) is 12.7 Å². The lowest BCUT2D eigenvalue weighted by Crippen LogP contribution is -2.17. The van der Waals surface area contributed by atoms with Crippen LogP contribution in [-0.4, -0.2) is 17.6 Å². The number of unbranched alkanes of at least 4 members (excludes halogenated alkanes) is 10. The van der Waals surface area contributed by atoms with Gasteiger partial charge in [-0.05, 0) is 31.6 Å². The second-order valence-corrected chi connectivity index (χ2v) is 10.5. The van der Waals surface area contributed by atoms with E-state index in [1.165, 1.54) is 83.5 Å². The number of phosphoric ester groups is 1. The molecule has 0 amide bonds. The second kappa shape index (κ2) is 17.8. The average molecular weight is 433 g/mol. The highest BCUT2D eigenvalue weighted by atomic mass is 31.2. The van der Waals surface area contributed by atoms with Gasteiger partial charge in [0.15, 0.2) is 0 Å². The summed E-state index contributed by atoms with van der Waals surface area (Å²) in [6, 6.07) is 0. The number of hydrogen-bond acceptors (Lipinski definition) is 3. The summed E-state index contributed by atoms with van der Waals surface area (Å²) in [7, 11) is -3.92. The lowest BCUT2D eigenvalue weighted by molar-refractivity contribution is 0.0722. The predicted molar refractivity (Wildman–Crippen MR) is 123 cm³/mol. The Morgan fingerprint density at radius 1 is 0.793 bits per heavy atom. The van der Waals surface area contributed by atoms with E-state index in [1.807, 2.05) is 0 Å². The SMILES string of the molecule is CCCCCCCCC(CCCCCCCC)COP(=O)(O)OC1CCCCC1. The lowest BCUT2D eigenvalue weighted by atomic mass is 9.95. The van der Waals surface area contributed by atoms with Gasteiger partial charge in [0.1, 0.15) is 0 Å².